The van der Waals surface area contributed by atoms with Crippen molar-refractivity contribution in [1.82, 2.24) is 10.3 Å². The molecule has 1 aromatic carbocycles. The first-order chi connectivity index (χ1) is 8.69. The van der Waals surface area contributed by atoms with Crippen molar-refractivity contribution in [3.63, 3.8) is 0 Å². The molecule has 18 heavy (non-hydrogen) atoms. The molecule has 1 heterocycles. The summed E-state index contributed by atoms with van der Waals surface area (Å²) in [6.07, 6.45) is 0. The lowest BCUT2D eigenvalue weighted by atomic mass is 10.2. The van der Waals surface area contributed by atoms with Crippen LogP contribution in [0.4, 0.5) is 0 Å². The van der Waals surface area contributed by atoms with E-state index in [1.807, 2.05) is 25.1 Å². The largest absolute Gasteiger partial charge is 0.497 e. The van der Waals surface area contributed by atoms with Gasteiger partial charge in [-0.3, -0.25) is 0 Å². The van der Waals surface area contributed by atoms with Crippen LogP contribution in [-0.4, -0.2) is 12.1 Å². The summed E-state index contributed by atoms with van der Waals surface area (Å²) >= 11 is 1.70. The van der Waals surface area contributed by atoms with Crippen molar-refractivity contribution in [3.8, 4) is 5.75 Å². The molecule has 1 atom stereocenters. The first-order valence-electron chi connectivity index (χ1n) is 5.97. The maximum absolute atomic E-state index is 5.21. The molecule has 3 nitrogen and oxygen atoms in total. The quantitative estimate of drug-likeness (QED) is 0.897. The van der Waals surface area contributed by atoms with E-state index in [1.54, 1.807) is 18.4 Å². The van der Waals surface area contributed by atoms with Gasteiger partial charge in [-0.25, -0.2) is 4.98 Å². The Morgan fingerprint density at radius 3 is 2.94 bits per heavy atom. The van der Waals surface area contributed by atoms with Gasteiger partial charge >= 0.3 is 0 Å². The van der Waals surface area contributed by atoms with E-state index in [4.69, 9.17) is 4.74 Å². The first-order valence-corrected chi connectivity index (χ1v) is 6.85. The van der Waals surface area contributed by atoms with E-state index < -0.39 is 0 Å². The number of aromatic nitrogens is 1. The average Bonchev–Trinajstić information content (AvgIpc) is 2.83. The van der Waals surface area contributed by atoms with Gasteiger partial charge in [-0.15, -0.1) is 11.3 Å². The van der Waals surface area contributed by atoms with Crippen molar-refractivity contribution >= 4 is 11.3 Å². The van der Waals surface area contributed by atoms with Crippen molar-refractivity contribution in [3.05, 3.63) is 45.9 Å². The molecule has 1 aromatic heterocycles. The Morgan fingerprint density at radius 2 is 2.28 bits per heavy atom. The van der Waals surface area contributed by atoms with Crippen molar-refractivity contribution in [2.45, 2.75) is 26.4 Å². The number of hydrogen-bond acceptors (Lipinski definition) is 4. The summed E-state index contributed by atoms with van der Waals surface area (Å²) in [6, 6.07) is 8.38. The summed E-state index contributed by atoms with van der Waals surface area (Å²) in [5, 5.41) is 6.69. The highest BCUT2D eigenvalue weighted by molar-refractivity contribution is 7.09. The van der Waals surface area contributed by atoms with Crippen LogP contribution in [0.3, 0.4) is 0 Å². The van der Waals surface area contributed by atoms with Gasteiger partial charge in [-0.1, -0.05) is 12.1 Å². The van der Waals surface area contributed by atoms with Crippen LogP contribution < -0.4 is 10.1 Å². The molecule has 0 bridgehead atoms. The second kappa shape index (κ2) is 5.98. The third-order valence-electron chi connectivity index (χ3n) is 2.75. The molecular formula is C14H18N2OS. The zero-order valence-corrected chi connectivity index (χ0v) is 11.8. The number of nitrogens with one attached hydrogen (secondary N) is 1. The number of methoxy groups -OCH3 is 1. The van der Waals surface area contributed by atoms with Gasteiger partial charge in [0, 0.05) is 17.6 Å². The fraction of sp³-hybridized carbons (Fsp3) is 0.357. The number of rotatable bonds is 5. The molecule has 0 saturated carbocycles. The number of nitrogens with zero attached hydrogens (tertiary/aromatic N) is 1. The molecule has 0 saturated heterocycles. The summed E-state index contributed by atoms with van der Waals surface area (Å²) in [5.74, 6) is 0.895. The fourth-order valence-electron chi connectivity index (χ4n) is 1.71. The Morgan fingerprint density at radius 1 is 1.44 bits per heavy atom. The number of hydrogen-bond donors (Lipinski definition) is 1. The summed E-state index contributed by atoms with van der Waals surface area (Å²) in [4.78, 5) is 4.49. The highest BCUT2D eigenvalue weighted by Crippen LogP contribution is 2.18. The van der Waals surface area contributed by atoms with Crippen LogP contribution in [0.2, 0.25) is 0 Å². The molecule has 0 amide bonds. The van der Waals surface area contributed by atoms with Crippen LogP contribution >= 0.6 is 11.3 Å². The Hall–Kier alpha value is -1.39. The molecule has 96 valence electrons. The summed E-state index contributed by atoms with van der Waals surface area (Å²) in [5.41, 5.74) is 2.31. The molecule has 0 aliphatic carbocycles. The molecule has 0 radical (unpaired) electrons. The summed E-state index contributed by atoms with van der Waals surface area (Å²) < 4.78 is 5.21. The van der Waals surface area contributed by atoms with E-state index in [1.165, 1.54) is 5.56 Å². The zero-order chi connectivity index (χ0) is 13.0. The molecule has 4 heteroatoms. The van der Waals surface area contributed by atoms with E-state index >= 15 is 0 Å². The Labute approximate surface area is 112 Å². The van der Waals surface area contributed by atoms with Gasteiger partial charge in [0.1, 0.15) is 10.8 Å². The average molecular weight is 262 g/mol. The molecule has 1 unspecified atom stereocenters. The van der Waals surface area contributed by atoms with E-state index in [9.17, 15) is 0 Å². The molecule has 2 rings (SSSR count). The second-order valence-corrected chi connectivity index (χ2v) is 5.17. The maximum Gasteiger partial charge on any atom is 0.119 e. The number of benzene rings is 1. The minimum absolute atomic E-state index is 0.273. The van der Waals surface area contributed by atoms with Crippen LogP contribution in [0.1, 0.15) is 29.2 Å². The maximum atomic E-state index is 5.21. The summed E-state index contributed by atoms with van der Waals surface area (Å²) in [7, 11) is 1.69. The van der Waals surface area contributed by atoms with Crippen LogP contribution in [-0.2, 0) is 6.54 Å². The van der Waals surface area contributed by atoms with Crippen LogP contribution in [0.5, 0.6) is 5.75 Å². The second-order valence-electron chi connectivity index (χ2n) is 4.28. The SMILES string of the molecule is COc1cccc(CNC(C)c2nc(C)cs2)c1. The lowest BCUT2D eigenvalue weighted by Crippen LogP contribution is -2.17. The molecule has 0 aliphatic rings. The van der Waals surface area contributed by atoms with Gasteiger partial charge < -0.3 is 10.1 Å². The molecular weight excluding hydrogens is 244 g/mol. The number of ether oxygens (including phenoxy) is 1. The van der Waals surface area contributed by atoms with E-state index in [-0.39, 0.29) is 6.04 Å². The minimum Gasteiger partial charge on any atom is -0.497 e. The normalized spacial score (nSPS) is 12.4. The van der Waals surface area contributed by atoms with Gasteiger partial charge in [-0.2, -0.15) is 0 Å². The standard InChI is InChI=1S/C14H18N2OS/c1-10-9-18-14(16-10)11(2)15-8-12-5-4-6-13(7-12)17-3/h4-7,9,11,15H,8H2,1-3H3. The highest BCUT2D eigenvalue weighted by atomic mass is 32.1. The van der Waals surface area contributed by atoms with Gasteiger partial charge in [0.05, 0.1) is 13.2 Å². The van der Waals surface area contributed by atoms with Gasteiger partial charge in [-0.05, 0) is 31.5 Å². The van der Waals surface area contributed by atoms with Crippen LogP contribution in [0, 0.1) is 6.92 Å². The van der Waals surface area contributed by atoms with Gasteiger partial charge in [0.25, 0.3) is 0 Å². The predicted octanol–water partition coefficient (Wildman–Crippen LogP) is 3.31. The third-order valence-corrected chi connectivity index (χ3v) is 3.90. The van der Waals surface area contributed by atoms with Gasteiger partial charge in [0.15, 0.2) is 0 Å². The molecule has 0 aliphatic heterocycles. The first kappa shape index (κ1) is 13.1. The van der Waals surface area contributed by atoms with Crippen LogP contribution in [0.25, 0.3) is 0 Å². The Kier molecular flexibility index (Phi) is 4.33. The predicted molar refractivity (Wildman–Crippen MR) is 75.1 cm³/mol. The number of thiazole rings is 1. The van der Waals surface area contributed by atoms with Crippen molar-refractivity contribution in [2.24, 2.45) is 0 Å². The highest BCUT2D eigenvalue weighted by Gasteiger charge is 2.08. The van der Waals surface area contributed by atoms with Crippen molar-refractivity contribution in [2.75, 3.05) is 7.11 Å². The third kappa shape index (κ3) is 3.31. The fourth-order valence-corrected chi connectivity index (χ4v) is 2.54. The lowest BCUT2D eigenvalue weighted by Gasteiger charge is -2.11. The van der Waals surface area contributed by atoms with Crippen molar-refractivity contribution < 1.29 is 4.74 Å². The molecule has 0 spiro atoms. The number of aryl methyl sites for hydroxylation is 1. The van der Waals surface area contributed by atoms with E-state index in [0.29, 0.717) is 0 Å². The van der Waals surface area contributed by atoms with E-state index in [2.05, 4.69) is 28.7 Å². The van der Waals surface area contributed by atoms with Crippen molar-refractivity contribution in [1.29, 1.82) is 0 Å². The Balaban J connectivity index is 1.94. The Bertz CT molecular complexity index is 510. The van der Waals surface area contributed by atoms with E-state index in [0.717, 1.165) is 23.0 Å². The van der Waals surface area contributed by atoms with Crippen LogP contribution in [0.15, 0.2) is 29.6 Å². The van der Waals surface area contributed by atoms with Gasteiger partial charge in [0.2, 0.25) is 0 Å². The monoisotopic (exact) mass is 262 g/mol. The lowest BCUT2D eigenvalue weighted by molar-refractivity contribution is 0.414. The zero-order valence-electron chi connectivity index (χ0n) is 10.9. The molecule has 0 fully saturated rings. The molecule has 1 N–H and O–H groups in total. The molecule has 2 aromatic rings. The minimum atomic E-state index is 0.273. The smallest absolute Gasteiger partial charge is 0.119 e. The topological polar surface area (TPSA) is 34.1 Å². The summed E-state index contributed by atoms with van der Waals surface area (Å²) in [6.45, 7) is 4.98.